The minimum Gasteiger partial charge on any atom is -0.494 e. The maximum absolute atomic E-state index is 12.6. The summed E-state index contributed by atoms with van der Waals surface area (Å²) in [5.74, 6) is 1.49. The zero-order valence-corrected chi connectivity index (χ0v) is 14.3. The van der Waals surface area contributed by atoms with Crippen molar-refractivity contribution >= 4 is 16.7 Å². The second kappa shape index (κ2) is 7.77. The van der Waals surface area contributed by atoms with Crippen LogP contribution < -0.4 is 4.74 Å². The maximum Gasteiger partial charge on any atom is 0.225 e. The van der Waals surface area contributed by atoms with Crippen molar-refractivity contribution in [1.82, 2.24) is 4.90 Å². The third-order valence-corrected chi connectivity index (χ3v) is 6.19. The summed E-state index contributed by atoms with van der Waals surface area (Å²) in [7, 11) is -0.814. The molecule has 1 amide bonds. The van der Waals surface area contributed by atoms with E-state index >= 15 is 0 Å². The molecule has 0 aromatic heterocycles. The lowest BCUT2D eigenvalue weighted by Crippen LogP contribution is -2.53. The van der Waals surface area contributed by atoms with Gasteiger partial charge in [-0.25, -0.2) is 0 Å². The number of rotatable bonds is 5. The fourth-order valence-electron chi connectivity index (χ4n) is 2.64. The molecule has 1 fully saturated rings. The van der Waals surface area contributed by atoms with Crippen LogP contribution in [0.5, 0.6) is 5.75 Å². The van der Waals surface area contributed by atoms with Crippen molar-refractivity contribution in [3.8, 4) is 5.75 Å². The van der Waals surface area contributed by atoms with Gasteiger partial charge in [0.1, 0.15) is 5.75 Å². The van der Waals surface area contributed by atoms with E-state index in [9.17, 15) is 9.00 Å². The van der Waals surface area contributed by atoms with Crippen LogP contribution in [-0.4, -0.2) is 45.2 Å². The summed E-state index contributed by atoms with van der Waals surface area (Å²) >= 11 is 0. The summed E-state index contributed by atoms with van der Waals surface area (Å²) < 4.78 is 17.5. The van der Waals surface area contributed by atoms with Crippen molar-refractivity contribution in [3.63, 3.8) is 0 Å². The Hall–Kier alpha value is -1.36. The molecule has 0 bridgehead atoms. The third-order valence-electron chi connectivity index (χ3n) is 4.39. The molecule has 4 atom stereocenters. The molecule has 1 aromatic carbocycles. The van der Waals surface area contributed by atoms with Crippen LogP contribution in [0.1, 0.15) is 27.2 Å². The van der Waals surface area contributed by atoms with Crippen LogP contribution >= 0.6 is 0 Å². The Kier molecular flexibility index (Phi) is 6.00. The first-order valence-corrected chi connectivity index (χ1v) is 9.24. The van der Waals surface area contributed by atoms with E-state index in [1.807, 2.05) is 56.0 Å². The third kappa shape index (κ3) is 4.09. The number of carbonyl (C=O) groups excluding carboxylic acids is 1. The smallest absolute Gasteiger partial charge is 0.225 e. The Morgan fingerprint density at radius 2 is 2.05 bits per heavy atom. The van der Waals surface area contributed by atoms with Gasteiger partial charge in [-0.1, -0.05) is 25.1 Å². The molecule has 0 unspecified atom stereocenters. The predicted octanol–water partition coefficient (Wildman–Crippen LogP) is 2.46. The van der Waals surface area contributed by atoms with Crippen LogP contribution in [0.3, 0.4) is 0 Å². The van der Waals surface area contributed by atoms with Gasteiger partial charge in [0.15, 0.2) is 0 Å². The zero-order valence-electron chi connectivity index (χ0n) is 13.5. The Balaban J connectivity index is 1.83. The minimum atomic E-state index is -0.814. The van der Waals surface area contributed by atoms with Gasteiger partial charge in [0.25, 0.3) is 0 Å². The van der Waals surface area contributed by atoms with Gasteiger partial charge in [0, 0.05) is 35.1 Å². The van der Waals surface area contributed by atoms with Gasteiger partial charge in [-0.05, 0) is 32.4 Å². The average Bonchev–Trinajstić information content (AvgIpc) is 2.53. The number of benzene rings is 1. The largest absolute Gasteiger partial charge is 0.494 e. The second-order valence-electron chi connectivity index (χ2n) is 5.91. The molecule has 2 rings (SSSR count). The van der Waals surface area contributed by atoms with Crippen LogP contribution in [0.15, 0.2) is 30.3 Å². The highest BCUT2D eigenvalue weighted by molar-refractivity contribution is 7.85. The fourth-order valence-corrected chi connectivity index (χ4v) is 3.97. The van der Waals surface area contributed by atoms with Crippen LogP contribution in [0.25, 0.3) is 0 Å². The number of hydrogen-bond acceptors (Lipinski definition) is 3. The topological polar surface area (TPSA) is 46.6 Å². The number of carbonyl (C=O) groups is 1. The monoisotopic (exact) mass is 323 g/mol. The number of hydrogen-bond donors (Lipinski definition) is 0. The fraction of sp³-hybridized carbons (Fsp3) is 0.588. The summed E-state index contributed by atoms with van der Waals surface area (Å²) in [5.41, 5.74) is 0. The van der Waals surface area contributed by atoms with Crippen molar-refractivity contribution in [2.24, 2.45) is 5.92 Å². The lowest BCUT2D eigenvalue weighted by molar-refractivity contribution is -0.137. The van der Waals surface area contributed by atoms with Gasteiger partial charge in [-0.2, -0.15) is 0 Å². The van der Waals surface area contributed by atoms with Gasteiger partial charge in [0.2, 0.25) is 5.91 Å². The van der Waals surface area contributed by atoms with Crippen molar-refractivity contribution < 1.29 is 13.7 Å². The average molecular weight is 323 g/mol. The lowest BCUT2D eigenvalue weighted by Gasteiger charge is -2.38. The maximum atomic E-state index is 12.6. The second-order valence-corrected chi connectivity index (χ2v) is 7.83. The molecule has 1 aliphatic rings. The van der Waals surface area contributed by atoms with E-state index in [4.69, 9.17) is 4.74 Å². The van der Waals surface area contributed by atoms with Gasteiger partial charge < -0.3 is 9.64 Å². The summed E-state index contributed by atoms with van der Waals surface area (Å²) in [4.78, 5) is 14.5. The molecule has 1 saturated heterocycles. The molecule has 4 nitrogen and oxygen atoms in total. The standard InChI is InChI=1S/C17H25NO3S/c1-13(9-11-21-16-7-5-4-6-8-16)17(19)18-10-12-22(20)15(3)14(18)2/h4-8,13-15H,9-12H2,1-3H3/t13-,14+,15-,22-/m1/s1. The number of para-hydroxylation sites is 1. The summed E-state index contributed by atoms with van der Waals surface area (Å²) in [6.45, 7) is 7.03. The first-order chi connectivity index (χ1) is 10.5. The molecular weight excluding hydrogens is 298 g/mol. The normalized spacial score (nSPS) is 26.5. The van der Waals surface area contributed by atoms with Crippen LogP contribution in [-0.2, 0) is 15.6 Å². The van der Waals surface area contributed by atoms with E-state index in [0.717, 1.165) is 5.75 Å². The van der Waals surface area contributed by atoms with Crippen molar-refractivity contribution in [1.29, 1.82) is 0 Å². The molecule has 0 spiro atoms. The Labute approximate surface area is 135 Å². The van der Waals surface area contributed by atoms with Crippen molar-refractivity contribution in [2.75, 3.05) is 18.9 Å². The Morgan fingerprint density at radius 1 is 1.36 bits per heavy atom. The molecule has 122 valence electrons. The molecule has 0 aliphatic carbocycles. The molecule has 1 heterocycles. The minimum absolute atomic E-state index is 0.0413. The Morgan fingerprint density at radius 3 is 2.73 bits per heavy atom. The first kappa shape index (κ1) is 17.0. The highest BCUT2D eigenvalue weighted by Gasteiger charge is 2.34. The Bertz CT molecular complexity index is 520. The van der Waals surface area contributed by atoms with E-state index in [1.54, 1.807) is 0 Å². The molecule has 0 radical (unpaired) electrons. The highest BCUT2D eigenvalue weighted by Crippen LogP contribution is 2.20. The zero-order chi connectivity index (χ0) is 16.1. The van der Waals surface area contributed by atoms with Crippen LogP contribution in [0.4, 0.5) is 0 Å². The van der Waals surface area contributed by atoms with Crippen LogP contribution in [0.2, 0.25) is 0 Å². The van der Waals surface area contributed by atoms with E-state index in [-0.39, 0.29) is 23.1 Å². The molecule has 1 aliphatic heterocycles. The van der Waals surface area contributed by atoms with Gasteiger partial charge in [-0.3, -0.25) is 9.00 Å². The van der Waals surface area contributed by atoms with Crippen molar-refractivity contribution in [3.05, 3.63) is 30.3 Å². The highest BCUT2D eigenvalue weighted by atomic mass is 32.2. The molecule has 22 heavy (non-hydrogen) atoms. The van der Waals surface area contributed by atoms with E-state index in [1.165, 1.54) is 0 Å². The summed E-state index contributed by atoms with van der Waals surface area (Å²) in [6.07, 6.45) is 0.689. The molecule has 5 heteroatoms. The summed E-state index contributed by atoms with van der Waals surface area (Å²) in [6, 6.07) is 9.68. The quantitative estimate of drug-likeness (QED) is 0.836. The van der Waals surface area contributed by atoms with Gasteiger partial charge in [-0.15, -0.1) is 0 Å². The lowest BCUT2D eigenvalue weighted by atomic mass is 10.0. The molecular formula is C17H25NO3S. The first-order valence-electron chi connectivity index (χ1n) is 7.86. The number of ether oxygens (including phenoxy) is 1. The number of amides is 1. The van der Waals surface area contributed by atoms with Crippen LogP contribution in [0, 0.1) is 5.92 Å². The number of nitrogens with zero attached hydrogens (tertiary/aromatic N) is 1. The molecule has 0 N–H and O–H groups in total. The summed E-state index contributed by atoms with van der Waals surface area (Å²) in [5, 5.41) is 0.0467. The molecule has 0 saturated carbocycles. The van der Waals surface area contributed by atoms with E-state index in [0.29, 0.717) is 25.3 Å². The van der Waals surface area contributed by atoms with Gasteiger partial charge >= 0.3 is 0 Å². The SMILES string of the molecule is C[C@H](CCOc1ccccc1)C(=O)N1CC[S@@](=O)[C@H](C)[C@@H]1C. The predicted molar refractivity (Wildman–Crippen MR) is 89.4 cm³/mol. The van der Waals surface area contributed by atoms with E-state index in [2.05, 4.69) is 0 Å². The van der Waals surface area contributed by atoms with E-state index < -0.39 is 10.8 Å². The van der Waals surface area contributed by atoms with Crippen molar-refractivity contribution in [2.45, 2.75) is 38.5 Å². The molecule has 1 aromatic rings. The van der Waals surface area contributed by atoms with Gasteiger partial charge in [0.05, 0.1) is 11.9 Å².